The van der Waals surface area contributed by atoms with Gasteiger partial charge in [-0.2, -0.15) is 0 Å². The number of rotatable bonds is 2. The molecule has 0 aliphatic carbocycles. The zero-order chi connectivity index (χ0) is 9.14. The minimum Gasteiger partial charge on any atom is -0.204 e. The SMILES string of the molecule is C=Cc1ccc(F)c(F)c1CC. The van der Waals surface area contributed by atoms with Crippen LogP contribution in [0.4, 0.5) is 8.78 Å². The molecule has 0 spiro atoms. The van der Waals surface area contributed by atoms with E-state index in [1.54, 1.807) is 6.92 Å². The summed E-state index contributed by atoms with van der Waals surface area (Å²) in [5, 5.41) is 0. The van der Waals surface area contributed by atoms with Crippen LogP contribution in [0.1, 0.15) is 18.1 Å². The summed E-state index contributed by atoms with van der Waals surface area (Å²) in [5.74, 6) is -1.55. The summed E-state index contributed by atoms with van der Waals surface area (Å²) in [6.45, 7) is 5.30. The van der Waals surface area contributed by atoms with Crippen LogP contribution in [0.5, 0.6) is 0 Å². The van der Waals surface area contributed by atoms with Gasteiger partial charge >= 0.3 is 0 Å². The van der Waals surface area contributed by atoms with Crippen LogP contribution in [0.3, 0.4) is 0 Å². The van der Waals surface area contributed by atoms with E-state index in [4.69, 9.17) is 0 Å². The van der Waals surface area contributed by atoms with E-state index < -0.39 is 11.6 Å². The molecule has 0 aliphatic heterocycles. The smallest absolute Gasteiger partial charge is 0.162 e. The van der Waals surface area contributed by atoms with Crippen molar-refractivity contribution in [1.29, 1.82) is 0 Å². The molecule has 2 heteroatoms. The second-order valence-electron chi connectivity index (χ2n) is 2.49. The molecule has 1 rings (SSSR count). The third kappa shape index (κ3) is 1.37. The van der Waals surface area contributed by atoms with Crippen molar-refractivity contribution in [2.75, 3.05) is 0 Å². The summed E-state index contributed by atoms with van der Waals surface area (Å²) < 4.78 is 25.7. The minimum atomic E-state index is -0.794. The van der Waals surface area contributed by atoms with Crippen molar-refractivity contribution < 1.29 is 8.78 Å². The third-order valence-electron chi connectivity index (χ3n) is 1.81. The summed E-state index contributed by atoms with van der Waals surface area (Å²) in [6.07, 6.45) is 2.01. The number of hydrogen-bond donors (Lipinski definition) is 0. The van der Waals surface area contributed by atoms with E-state index in [9.17, 15) is 8.78 Å². The first kappa shape index (κ1) is 8.91. The summed E-state index contributed by atoms with van der Waals surface area (Å²) in [4.78, 5) is 0. The Hall–Kier alpha value is -1.18. The van der Waals surface area contributed by atoms with Gasteiger partial charge in [0.1, 0.15) is 0 Å². The van der Waals surface area contributed by atoms with Crippen LogP contribution >= 0.6 is 0 Å². The number of benzene rings is 1. The lowest BCUT2D eigenvalue weighted by molar-refractivity contribution is 0.499. The molecule has 0 saturated heterocycles. The van der Waals surface area contributed by atoms with Gasteiger partial charge in [-0.15, -0.1) is 0 Å². The summed E-state index contributed by atoms with van der Waals surface area (Å²) in [5.41, 5.74) is 1.06. The van der Waals surface area contributed by atoms with Crippen LogP contribution in [0.2, 0.25) is 0 Å². The van der Waals surface area contributed by atoms with Crippen molar-refractivity contribution in [2.45, 2.75) is 13.3 Å². The highest BCUT2D eigenvalue weighted by molar-refractivity contribution is 5.52. The highest BCUT2D eigenvalue weighted by Crippen LogP contribution is 2.18. The minimum absolute atomic E-state index is 0.394. The lowest BCUT2D eigenvalue weighted by Crippen LogP contribution is -1.95. The normalized spacial score (nSPS) is 9.92. The number of halogens is 2. The first-order chi connectivity index (χ1) is 5.70. The van der Waals surface area contributed by atoms with Gasteiger partial charge in [0.2, 0.25) is 0 Å². The predicted octanol–water partition coefficient (Wildman–Crippen LogP) is 3.17. The van der Waals surface area contributed by atoms with Crippen LogP contribution in [0.15, 0.2) is 18.7 Å². The molecule has 0 aromatic heterocycles. The Kier molecular flexibility index (Phi) is 2.58. The standard InChI is InChI=1S/C10H10F2/c1-3-7-5-6-9(11)10(12)8(7)4-2/h3,5-6H,1,4H2,2H3. The Morgan fingerprint density at radius 3 is 2.58 bits per heavy atom. The average Bonchev–Trinajstić information content (AvgIpc) is 2.09. The fourth-order valence-electron chi connectivity index (χ4n) is 1.16. The highest BCUT2D eigenvalue weighted by atomic mass is 19.2. The molecule has 0 amide bonds. The first-order valence-corrected chi connectivity index (χ1v) is 3.80. The van der Waals surface area contributed by atoms with Gasteiger partial charge in [0.25, 0.3) is 0 Å². The van der Waals surface area contributed by atoms with E-state index in [0.717, 1.165) is 6.07 Å². The molecule has 64 valence electrons. The van der Waals surface area contributed by atoms with E-state index in [1.807, 2.05) is 0 Å². The van der Waals surface area contributed by atoms with Crippen molar-refractivity contribution in [3.8, 4) is 0 Å². The van der Waals surface area contributed by atoms with Gasteiger partial charge in [-0.1, -0.05) is 25.6 Å². The van der Waals surface area contributed by atoms with Crippen molar-refractivity contribution >= 4 is 6.08 Å². The first-order valence-electron chi connectivity index (χ1n) is 3.80. The van der Waals surface area contributed by atoms with E-state index in [-0.39, 0.29) is 0 Å². The predicted molar refractivity (Wildman–Crippen MR) is 45.8 cm³/mol. The molecule has 0 aliphatic rings. The summed E-state index contributed by atoms with van der Waals surface area (Å²) >= 11 is 0. The Labute approximate surface area is 70.5 Å². The van der Waals surface area contributed by atoms with Gasteiger partial charge in [-0.05, 0) is 23.6 Å². The molecular formula is C10H10F2. The van der Waals surface area contributed by atoms with E-state index in [2.05, 4.69) is 6.58 Å². The van der Waals surface area contributed by atoms with Crippen molar-refractivity contribution in [1.82, 2.24) is 0 Å². The quantitative estimate of drug-likeness (QED) is 0.636. The third-order valence-corrected chi connectivity index (χ3v) is 1.81. The zero-order valence-electron chi connectivity index (χ0n) is 6.90. The van der Waals surface area contributed by atoms with Gasteiger partial charge < -0.3 is 0 Å². The summed E-state index contributed by atoms with van der Waals surface area (Å²) in [7, 11) is 0. The lowest BCUT2D eigenvalue weighted by Gasteiger charge is -2.04. The molecule has 0 unspecified atom stereocenters. The van der Waals surface area contributed by atoms with Crippen molar-refractivity contribution in [2.24, 2.45) is 0 Å². The fraction of sp³-hybridized carbons (Fsp3) is 0.200. The van der Waals surface area contributed by atoms with Gasteiger partial charge in [0.15, 0.2) is 11.6 Å². The largest absolute Gasteiger partial charge is 0.204 e. The molecule has 0 bridgehead atoms. The van der Waals surface area contributed by atoms with E-state index >= 15 is 0 Å². The Morgan fingerprint density at radius 2 is 2.08 bits per heavy atom. The second kappa shape index (κ2) is 3.48. The Bertz CT molecular complexity index is 303. The van der Waals surface area contributed by atoms with Crippen LogP contribution in [0.25, 0.3) is 6.08 Å². The maximum atomic E-state index is 13.0. The molecule has 0 N–H and O–H groups in total. The molecule has 0 nitrogen and oxygen atoms in total. The number of hydrogen-bond acceptors (Lipinski definition) is 0. The molecule has 1 aromatic carbocycles. The van der Waals surface area contributed by atoms with Crippen molar-refractivity contribution in [3.63, 3.8) is 0 Å². The van der Waals surface area contributed by atoms with Crippen LogP contribution < -0.4 is 0 Å². The fourth-order valence-corrected chi connectivity index (χ4v) is 1.16. The lowest BCUT2D eigenvalue weighted by atomic mass is 10.0. The molecule has 0 atom stereocenters. The van der Waals surface area contributed by atoms with E-state index in [1.165, 1.54) is 12.1 Å². The molecule has 0 radical (unpaired) electrons. The molecule has 0 heterocycles. The van der Waals surface area contributed by atoms with Crippen LogP contribution in [-0.4, -0.2) is 0 Å². The maximum Gasteiger partial charge on any atom is 0.162 e. The topological polar surface area (TPSA) is 0 Å². The molecule has 0 saturated carbocycles. The molecule has 0 fully saturated rings. The second-order valence-corrected chi connectivity index (χ2v) is 2.49. The Morgan fingerprint density at radius 1 is 1.42 bits per heavy atom. The van der Waals surface area contributed by atoms with Crippen LogP contribution in [0, 0.1) is 11.6 Å². The highest BCUT2D eigenvalue weighted by Gasteiger charge is 2.09. The summed E-state index contributed by atoms with van der Waals surface area (Å²) in [6, 6.07) is 2.65. The van der Waals surface area contributed by atoms with Gasteiger partial charge in [-0.3, -0.25) is 0 Å². The van der Waals surface area contributed by atoms with Gasteiger partial charge in [-0.25, -0.2) is 8.78 Å². The molecular weight excluding hydrogens is 158 g/mol. The van der Waals surface area contributed by atoms with Gasteiger partial charge in [0, 0.05) is 0 Å². The molecule has 1 aromatic rings. The maximum absolute atomic E-state index is 13.0. The van der Waals surface area contributed by atoms with Crippen molar-refractivity contribution in [3.05, 3.63) is 41.5 Å². The Balaban J connectivity index is 3.35. The average molecular weight is 168 g/mol. The van der Waals surface area contributed by atoms with Gasteiger partial charge in [0.05, 0.1) is 0 Å². The van der Waals surface area contributed by atoms with E-state index in [0.29, 0.717) is 17.5 Å². The zero-order valence-corrected chi connectivity index (χ0v) is 6.90. The van der Waals surface area contributed by atoms with Crippen LogP contribution in [-0.2, 0) is 6.42 Å². The monoisotopic (exact) mass is 168 g/mol. The molecule has 12 heavy (non-hydrogen) atoms.